The molecule has 3 aromatic rings. The first kappa shape index (κ1) is 17.1. The van der Waals surface area contributed by atoms with Crippen molar-refractivity contribution in [3.05, 3.63) is 63.6 Å². The van der Waals surface area contributed by atoms with Crippen LogP contribution in [0.1, 0.15) is 36.7 Å². The summed E-state index contributed by atoms with van der Waals surface area (Å²) >= 11 is 1.68. The molecule has 0 spiro atoms. The Labute approximate surface area is 156 Å². The normalized spacial score (nSPS) is 20.2. The summed E-state index contributed by atoms with van der Waals surface area (Å²) < 4.78 is 1.67. The number of aromatic nitrogens is 4. The van der Waals surface area contributed by atoms with Gasteiger partial charge in [-0.05, 0) is 43.9 Å². The van der Waals surface area contributed by atoms with Crippen molar-refractivity contribution in [2.45, 2.75) is 44.3 Å². The third-order valence-electron chi connectivity index (χ3n) is 4.87. The highest BCUT2D eigenvalue weighted by Gasteiger charge is 2.23. The second kappa shape index (κ2) is 7.88. The van der Waals surface area contributed by atoms with Gasteiger partial charge >= 0.3 is 0 Å². The predicted octanol–water partition coefficient (Wildman–Crippen LogP) is 3.04. The van der Waals surface area contributed by atoms with E-state index in [1.54, 1.807) is 40.5 Å². The summed E-state index contributed by atoms with van der Waals surface area (Å²) in [6.07, 6.45) is 9.34. The summed E-state index contributed by atoms with van der Waals surface area (Å²) in [5, 5.41) is 11.3. The molecule has 7 heteroatoms. The molecule has 0 aromatic carbocycles. The van der Waals surface area contributed by atoms with Gasteiger partial charge < -0.3 is 5.32 Å². The molecule has 0 atom stereocenters. The van der Waals surface area contributed by atoms with Gasteiger partial charge in [0, 0.05) is 48.2 Å². The summed E-state index contributed by atoms with van der Waals surface area (Å²) in [4.78, 5) is 20.7. The second-order valence-corrected chi connectivity index (χ2v) is 7.53. The number of hydrogen-bond acceptors (Lipinski definition) is 6. The lowest BCUT2D eigenvalue weighted by atomic mass is 9.91. The summed E-state index contributed by atoms with van der Waals surface area (Å²) in [5.41, 5.74) is 1.77. The molecule has 1 fully saturated rings. The second-order valence-electron chi connectivity index (χ2n) is 6.55. The zero-order chi connectivity index (χ0) is 17.8. The Bertz CT molecular complexity index is 886. The van der Waals surface area contributed by atoms with Gasteiger partial charge in [0.05, 0.1) is 11.7 Å². The predicted molar refractivity (Wildman–Crippen MR) is 102 cm³/mol. The van der Waals surface area contributed by atoms with Gasteiger partial charge in [0.1, 0.15) is 5.01 Å². The largest absolute Gasteiger partial charge is 0.308 e. The van der Waals surface area contributed by atoms with Crippen LogP contribution in [0.15, 0.2) is 53.0 Å². The first-order valence-corrected chi connectivity index (χ1v) is 9.79. The van der Waals surface area contributed by atoms with E-state index in [1.807, 2.05) is 23.7 Å². The van der Waals surface area contributed by atoms with Crippen molar-refractivity contribution < 1.29 is 0 Å². The molecule has 1 saturated carbocycles. The molecule has 1 N–H and O–H groups in total. The maximum Gasteiger partial charge on any atom is 0.267 e. The highest BCUT2D eigenvalue weighted by atomic mass is 32.1. The van der Waals surface area contributed by atoms with Crippen LogP contribution >= 0.6 is 11.3 Å². The molecule has 0 amide bonds. The molecule has 26 heavy (non-hydrogen) atoms. The molecule has 0 bridgehead atoms. The zero-order valence-electron chi connectivity index (χ0n) is 14.4. The lowest BCUT2D eigenvalue weighted by Crippen LogP contribution is -2.36. The molecule has 4 rings (SSSR count). The van der Waals surface area contributed by atoms with Gasteiger partial charge in [0.2, 0.25) is 0 Å². The fourth-order valence-corrected chi connectivity index (χ4v) is 4.03. The number of nitrogens with zero attached hydrogens (tertiary/aromatic N) is 4. The van der Waals surface area contributed by atoms with Crippen molar-refractivity contribution in [2.24, 2.45) is 0 Å². The van der Waals surface area contributed by atoms with E-state index < -0.39 is 0 Å². The molecule has 6 nitrogen and oxygen atoms in total. The van der Waals surface area contributed by atoms with E-state index in [4.69, 9.17) is 0 Å². The molecular formula is C19H21N5OS. The molecule has 3 heterocycles. The maximum absolute atomic E-state index is 12.3. The third kappa shape index (κ3) is 3.89. The molecule has 1 aliphatic rings. The Morgan fingerprint density at radius 3 is 2.62 bits per heavy atom. The van der Waals surface area contributed by atoms with E-state index in [2.05, 4.69) is 20.4 Å². The maximum atomic E-state index is 12.3. The lowest BCUT2D eigenvalue weighted by Gasteiger charge is -2.29. The Morgan fingerprint density at radius 2 is 1.88 bits per heavy atom. The SMILES string of the molecule is O=c1ccc(-c2ccncc2)nn1C1CCC(NCc2nccs2)CC1. The van der Waals surface area contributed by atoms with Gasteiger partial charge in [-0.3, -0.25) is 9.78 Å². The van der Waals surface area contributed by atoms with Gasteiger partial charge in [0.15, 0.2) is 0 Å². The smallest absolute Gasteiger partial charge is 0.267 e. The standard InChI is InChI=1S/C19H21N5OS/c25-19-6-5-17(14-7-9-20-10-8-14)23-24(19)16-3-1-15(2-4-16)22-13-18-21-11-12-26-18/h5-12,15-16,22H,1-4,13H2. The van der Waals surface area contributed by atoms with Crippen LogP contribution in [0.2, 0.25) is 0 Å². The minimum absolute atomic E-state index is 0.0259. The van der Waals surface area contributed by atoms with Crippen LogP contribution < -0.4 is 10.9 Å². The average Bonchev–Trinajstić information content (AvgIpc) is 3.22. The molecule has 0 unspecified atom stereocenters. The highest BCUT2D eigenvalue weighted by molar-refractivity contribution is 7.09. The number of nitrogens with one attached hydrogen (secondary N) is 1. The monoisotopic (exact) mass is 367 g/mol. The van der Waals surface area contributed by atoms with Crippen LogP contribution in [0.25, 0.3) is 11.3 Å². The molecule has 0 radical (unpaired) electrons. The van der Waals surface area contributed by atoms with E-state index in [9.17, 15) is 4.79 Å². The quantitative estimate of drug-likeness (QED) is 0.750. The minimum atomic E-state index is -0.0259. The van der Waals surface area contributed by atoms with Crippen LogP contribution in [0.3, 0.4) is 0 Å². The minimum Gasteiger partial charge on any atom is -0.308 e. The van der Waals surface area contributed by atoms with Crippen LogP contribution in [0.4, 0.5) is 0 Å². The topological polar surface area (TPSA) is 72.7 Å². The van der Waals surface area contributed by atoms with Crippen LogP contribution in [-0.2, 0) is 6.54 Å². The fourth-order valence-electron chi connectivity index (χ4n) is 3.46. The number of thiazole rings is 1. The van der Waals surface area contributed by atoms with E-state index >= 15 is 0 Å². The van der Waals surface area contributed by atoms with Gasteiger partial charge in [-0.1, -0.05) is 0 Å². The van der Waals surface area contributed by atoms with Crippen LogP contribution in [-0.4, -0.2) is 25.8 Å². The number of hydrogen-bond donors (Lipinski definition) is 1. The van der Waals surface area contributed by atoms with E-state index in [0.717, 1.165) is 48.5 Å². The van der Waals surface area contributed by atoms with Crippen molar-refractivity contribution >= 4 is 11.3 Å². The summed E-state index contributed by atoms with van der Waals surface area (Å²) in [6, 6.07) is 7.88. The van der Waals surface area contributed by atoms with Gasteiger partial charge in [-0.25, -0.2) is 9.67 Å². The number of rotatable bonds is 5. The van der Waals surface area contributed by atoms with Crippen molar-refractivity contribution in [1.82, 2.24) is 25.1 Å². The highest BCUT2D eigenvalue weighted by Crippen LogP contribution is 2.28. The van der Waals surface area contributed by atoms with Crippen molar-refractivity contribution in [1.29, 1.82) is 0 Å². The number of pyridine rings is 1. The molecule has 0 saturated heterocycles. The summed E-state index contributed by atoms with van der Waals surface area (Å²) in [5.74, 6) is 0. The summed E-state index contributed by atoms with van der Waals surface area (Å²) in [7, 11) is 0. The lowest BCUT2D eigenvalue weighted by molar-refractivity contribution is 0.269. The average molecular weight is 367 g/mol. The Balaban J connectivity index is 1.41. The fraction of sp³-hybridized carbons (Fsp3) is 0.368. The van der Waals surface area contributed by atoms with Crippen LogP contribution in [0, 0.1) is 0 Å². The third-order valence-corrected chi connectivity index (χ3v) is 5.65. The molecule has 134 valence electrons. The molecule has 0 aliphatic heterocycles. The Kier molecular flexibility index (Phi) is 5.17. The first-order valence-electron chi connectivity index (χ1n) is 8.91. The van der Waals surface area contributed by atoms with Gasteiger partial charge in [-0.15, -0.1) is 11.3 Å². The summed E-state index contributed by atoms with van der Waals surface area (Å²) in [6.45, 7) is 0.822. The van der Waals surface area contributed by atoms with E-state index in [1.165, 1.54) is 0 Å². The van der Waals surface area contributed by atoms with E-state index in [-0.39, 0.29) is 11.6 Å². The molecular weight excluding hydrogens is 346 g/mol. The molecule has 3 aromatic heterocycles. The van der Waals surface area contributed by atoms with Crippen molar-refractivity contribution in [3.63, 3.8) is 0 Å². The zero-order valence-corrected chi connectivity index (χ0v) is 15.2. The molecule has 1 aliphatic carbocycles. The van der Waals surface area contributed by atoms with Crippen LogP contribution in [0.5, 0.6) is 0 Å². The van der Waals surface area contributed by atoms with E-state index in [0.29, 0.717) is 6.04 Å². The van der Waals surface area contributed by atoms with Gasteiger partial charge in [0.25, 0.3) is 5.56 Å². The van der Waals surface area contributed by atoms with Gasteiger partial charge in [-0.2, -0.15) is 5.10 Å². The van der Waals surface area contributed by atoms with Crippen molar-refractivity contribution in [3.8, 4) is 11.3 Å². The first-order chi connectivity index (χ1) is 12.8. The van der Waals surface area contributed by atoms with Crippen molar-refractivity contribution in [2.75, 3.05) is 0 Å². The Morgan fingerprint density at radius 1 is 1.08 bits per heavy atom. The Hall–Kier alpha value is -2.38.